The number of nitrogens with zero attached hydrogens (tertiary/aromatic N) is 1. The van der Waals surface area contributed by atoms with Gasteiger partial charge < -0.3 is 16.4 Å². The number of rotatable bonds is 4. The van der Waals surface area contributed by atoms with Crippen molar-refractivity contribution in [1.82, 2.24) is 0 Å². The second kappa shape index (κ2) is 5.83. The Bertz CT molecular complexity index is 531. The van der Waals surface area contributed by atoms with E-state index in [-0.39, 0.29) is 17.4 Å². The summed E-state index contributed by atoms with van der Waals surface area (Å²) in [6, 6.07) is 0. The smallest absolute Gasteiger partial charge is 0.253 e. The molecular formula is C14H21N3O2S. The monoisotopic (exact) mass is 295 g/mol. The fourth-order valence-electron chi connectivity index (χ4n) is 2.43. The molecule has 0 bridgehead atoms. The van der Waals surface area contributed by atoms with Crippen LogP contribution in [0.3, 0.4) is 0 Å². The zero-order valence-electron chi connectivity index (χ0n) is 11.9. The van der Waals surface area contributed by atoms with Gasteiger partial charge >= 0.3 is 0 Å². The van der Waals surface area contributed by atoms with Crippen molar-refractivity contribution in [2.75, 3.05) is 23.7 Å². The standard InChI is InChI=1S/C14H21N3O2S/c1-8(2)11(18)12-10(15)9(13(16)19)14(20-12)17-6-4-3-5-7-17/h8H,3-7,15H2,1-2H3,(H2,16,19). The molecule has 1 aromatic heterocycles. The molecule has 1 aliphatic heterocycles. The molecule has 0 atom stereocenters. The number of ketones is 1. The molecule has 20 heavy (non-hydrogen) atoms. The second-order valence-electron chi connectivity index (χ2n) is 5.46. The van der Waals surface area contributed by atoms with Crippen LogP contribution in [-0.4, -0.2) is 24.8 Å². The lowest BCUT2D eigenvalue weighted by Gasteiger charge is -2.28. The Kier molecular flexibility index (Phi) is 4.32. The Hall–Kier alpha value is -1.56. The van der Waals surface area contributed by atoms with Crippen molar-refractivity contribution in [2.45, 2.75) is 33.1 Å². The highest BCUT2D eigenvalue weighted by Crippen LogP contribution is 2.40. The lowest BCUT2D eigenvalue weighted by molar-refractivity contribution is 0.0944. The van der Waals surface area contributed by atoms with E-state index in [1.165, 1.54) is 17.8 Å². The van der Waals surface area contributed by atoms with Gasteiger partial charge in [0.1, 0.15) is 5.00 Å². The van der Waals surface area contributed by atoms with Crippen molar-refractivity contribution in [2.24, 2.45) is 11.7 Å². The van der Waals surface area contributed by atoms with Gasteiger partial charge in [-0.25, -0.2) is 0 Å². The van der Waals surface area contributed by atoms with Crippen molar-refractivity contribution >= 4 is 33.7 Å². The Morgan fingerprint density at radius 1 is 1.20 bits per heavy atom. The summed E-state index contributed by atoms with van der Waals surface area (Å²) >= 11 is 1.31. The molecule has 0 aliphatic carbocycles. The highest BCUT2D eigenvalue weighted by atomic mass is 32.1. The summed E-state index contributed by atoms with van der Waals surface area (Å²) in [5.41, 5.74) is 12.0. The number of hydrogen-bond donors (Lipinski definition) is 2. The Morgan fingerprint density at radius 3 is 2.30 bits per heavy atom. The largest absolute Gasteiger partial charge is 0.397 e. The van der Waals surface area contributed by atoms with E-state index in [0.717, 1.165) is 30.9 Å². The molecule has 0 saturated carbocycles. The van der Waals surface area contributed by atoms with E-state index in [1.807, 2.05) is 13.8 Å². The Balaban J connectivity index is 2.47. The summed E-state index contributed by atoms with van der Waals surface area (Å²) in [7, 11) is 0. The van der Waals surface area contributed by atoms with Gasteiger partial charge in [-0.15, -0.1) is 11.3 Å². The van der Waals surface area contributed by atoms with Crippen LogP contribution in [0.1, 0.15) is 53.1 Å². The van der Waals surface area contributed by atoms with Crippen molar-refractivity contribution in [1.29, 1.82) is 0 Å². The normalized spacial score (nSPS) is 15.7. The third-order valence-electron chi connectivity index (χ3n) is 3.56. The molecule has 0 spiro atoms. The molecule has 2 rings (SSSR count). The molecule has 1 saturated heterocycles. The number of carbonyl (C=O) groups excluding carboxylic acids is 2. The SMILES string of the molecule is CC(C)C(=O)c1sc(N2CCCCC2)c(C(N)=O)c1N. The molecule has 1 aromatic rings. The predicted molar refractivity (Wildman–Crippen MR) is 82.5 cm³/mol. The van der Waals surface area contributed by atoms with Gasteiger partial charge in [0.05, 0.1) is 16.1 Å². The fourth-order valence-corrected chi connectivity index (χ4v) is 3.80. The molecule has 6 heteroatoms. The first-order chi connectivity index (χ1) is 9.43. The first-order valence-corrected chi connectivity index (χ1v) is 7.76. The minimum Gasteiger partial charge on any atom is -0.397 e. The number of primary amides is 1. The molecule has 4 N–H and O–H groups in total. The van der Waals surface area contributed by atoms with Crippen LogP contribution in [0.4, 0.5) is 10.7 Å². The Morgan fingerprint density at radius 2 is 1.80 bits per heavy atom. The van der Waals surface area contributed by atoms with Gasteiger partial charge in [0.2, 0.25) is 0 Å². The van der Waals surface area contributed by atoms with Crippen LogP contribution < -0.4 is 16.4 Å². The average molecular weight is 295 g/mol. The number of nitrogens with two attached hydrogens (primary N) is 2. The third kappa shape index (κ3) is 2.65. The molecule has 1 amide bonds. The number of anilines is 2. The molecule has 1 fully saturated rings. The number of amides is 1. The Labute approximate surface area is 122 Å². The maximum atomic E-state index is 12.2. The fraction of sp³-hybridized carbons (Fsp3) is 0.571. The lowest BCUT2D eigenvalue weighted by Crippen LogP contribution is -2.30. The maximum absolute atomic E-state index is 12.2. The number of hydrogen-bond acceptors (Lipinski definition) is 5. The number of piperidine rings is 1. The summed E-state index contributed by atoms with van der Waals surface area (Å²) in [6.07, 6.45) is 3.37. The van der Waals surface area contributed by atoms with E-state index in [0.29, 0.717) is 10.4 Å². The van der Waals surface area contributed by atoms with Crippen molar-refractivity contribution < 1.29 is 9.59 Å². The summed E-state index contributed by atoms with van der Waals surface area (Å²) in [5, 5.41) is 0.763. The summed E-state index contributed by atoms with van der Waals surface area (Å²) in [5.74, 6) is -0.730. The van der Waals surface area contributed by atoms with E-state index in [1.54, 1.807) is 0 Å². The van der Waals surface area contributed by atoms with Gasteiger partial charge in [0.25, 0.3) is 5.91 Å². The van der Waals surface area contributed by atoms with Gasteiger partial charge in [-0.05, 0) is 19.3 Å². The molecular weight excluding hydrogens is 274 g/mol. The number of nitrogen functional groups attached to an aromatic ring is 1. The van der Waals surface area contributed by atoms with Crippen LogP contribution in [0.5, 0.6) is 0 Å². The maximum Gasteiger partial charge on any atom is 0.253 e. The van der Waals surface area contributed by atoms with Gasteiger partial charge in [-0.3, -0.25) is 9.59 Å². The first-order valence-electron chi connectivity index (χ1n) is 6.94. The number of thiophene rings is 1. The second-order valence-corrected chi connectivity index (χ2v) is 6.45. The minimum atomic E-state index is -0.554. The molecule has 110 valence electrons. The topological polar surface area (TPSA) is 89.4 Å². The molecule has 2 heterocycles. The summed E-state index contributed by atoms with van der Waals surface area (Å²) in [6.45, 7) is 5.42. The molecule has 1 aliphatic rings. The van der Waals surface area contributed by atoms with E-state index in [4.69, 9.17) is 11.5 Å². The van der Waals surface area contributed by atoms with Gasteiger partial charge in [0, 0.05) is 19.0 Å². The number of Topliss-reactive ketones (excluding diaryl/α,β-unsaturated/α-hetero) is 1. The highest BCUT2D eigenvalue weighted by Gasteiger charge is 2.28. The van der Waals surface area contributed by atoms with Gasteiger partial charge in [-0.1, -0.05) is 13.8 Å². The molecule has 5 nitrogen and oxygen atoms in total. The zero-order valence-corrected chi connectivity index (χ0v) is 12.8. The quantitative estimate of drug-likeness (QED) is 0.834. The van der Waals surface area contributed by atoms with Gasteiger partial charge in [-0.2, -0.15) is 0 Å². The van der Waals surface area contributed by atoms with Crippen molar-refractivity contribution in [3.8, 4) is 0 Å². The van der Waals surface area contributed by atoms with Crippen LogP contribution in [-0.2, 0) is 0 Å². The lowest BCUT2D eigenvalue weighted by atomic mass is 10.1. The van der Waals surface area contributed by atoms with E-state index in [2.05, 4.69) is 4.90 Å². The molecule has 0 radical (unpaired) electrons. The minimum absolute atomic E-state index is 0.0294. The van der Waals surface area contributed by atoms with Gasteiger partial charge in [0.15, 0.2) is 5.78 Å². The van der Waals surface area contributed by atoms with Crippen LogP contribution in [0.15, 0.2) is 0 Å². The predicted octanol–water partition coefficient (Wildman–Crippen LogP) is 2.26. The van der Waals surface area contributed by atoms with Crippen molar-refractivity contribution in [3.05, 3.63) is 10.4 Å². The highest BCUT2D eigenvalue weighted by molar-refractivity contribution is 7.19. The molecule has 0 unspecified atom stereocenters. The number of carbonyl (C=O) groups is 2. The molecule has 0 aromatic carbocycles. The first kappa shape index (κ1) is 14.8. The van der Waals surface area contributed by atoms with E-state index >= 15 is 0 Å². The van der Waals surface area contributed by atoms with E-state index in [9.17, 15) is 9.59 Å². The van der Waals surface area contributed by atoms with Crippen LogP contribution in [0.25, 0.3) is 0 Å². The van der Waals surface area contributed by atoms with Crippen LogP contribution >= 0.6 is 11.3 Å². The summed E-state index contributed by atoms with van der Waals surface area (Å²) < 4.78 is 0. The van der Waals surface area contributed by atoms with Crippen LogP contribution in [0, 0.1) is 5.92 Å². The van der Waals surface area contributed by atoms with Crippen molar-refractivity contribution in [3.63, 3.8) is 0 Å². The van der Waals surface area contributed by atoms with E-state index < -0.39 is 5.91 Å². The third-order valence-corrected chi connectivity index (χ3v) is 4.85. The van der Waals surface area contributed by atoms with Crippen LogP contribution in [0.2, 0.25) is 0 Å². The average Bonchev–Trinajstić information content (AvgIpc) is 2.76. The zero-order chi connectivity index (χ0) is 14.9. The summed E-state index contributed by atoms with van der Waals surface area (Å²) in [4.78, 5) is 26.5.